The van der Waals surface area contributed by atoms with E-state index in [1.807, 2.05) is 74.5 Å². The Kier molecular flexibility index (Phi) is 19.6. The largest absolute Gasteiger partial charge is 0.0984 e. The van der Waals surface area contributed by atoms with E-state index in [9.17, 15) is 0 Å². The SMILES string of the molecule is C=CC(/C=C\C)=C1\C(=C)c2ccc(C)cc2C1=C.CC.CC.CC.CC. The molecule has 0 spiro atoms. The van der Waals surface area contributed by atoms with Gasteiger partial charge >= 0.3 is 0 Å². The van der Waals surface area contributed by atoms with Crippen LogP contribution < -0.4 is 0 Å². The quantitative estimate of drug-likeness (QED) is 0.496. The van der Waals surface area contributed by atoms with Crippen LogP contribution in [0.5, 0.6) is 0 Å². The number of rotatable bonds is 2. The first-order chi connectivity index (χ1) is 12.6. The van der Waals surface area contributed by atoms with E-state index in [1.165, 1.54) is 16.7 Å². The van der Waals surface area contributed by atoms with Crippen LogP contribution in [0.2, 0.25) is 0 Å². The third kappa shape index (κ3) is 7.44. The molecule has 1 aliphatic carbocycles. The van der Waals surface area contributed by atoms with Gasteiger partial charge in [0.25, 0.3) is 0 Å². The van der Waals surface area contributed by atoms with E-state index < -0.39 is 0 Å². The van der Waals surface area contributed by atoms with Crippen LogP contribution in [0, 0.1) is 6.92 Å². The standard InChI is InChI=1S/C18H18.4C2H6/c1-6-8-15(7-2)18-13(4)16-10-9-12(3)11-17(16)14(18)5;4*1-2/h6-11H,2,4-5H2,1,3H3;4*1-2H3/b8-6-,18-15-;;;;. The maximum Gasteiger partial charge on any atom is -0.00386 e. The van der Waals surface area contributed by atoms with Crippen molar-refractivity contribution in [2.45, 2.75) is 69.2 Å². The average molecular weight is 355 g/mol. The molecular weight excluding hydrogens is 312 g/mol. The number of hydrogen-bond donors (Lipinski definition) is 0. The molecule has 0 fully saturated rings. The van der Waals surface area contributed by atoms with Crippen molar-refractivity contribution in [3.63, 3.8) is 0 Å². The van der Waals surface area contributed by atoms with Crippen LogP contribution in [0.25, 0.3) is 11.1 Å². The molecule has 0 nitrogen and oxygen atoms in total. The second-order valence-electron chi connectivity index (χ2n) is 4.54. The summed E-state index contributed by atoms with van der Waals surface area (Å²) in [5.74, 6) is 0. The summed E-state index contributed by atoms with van der Waals surface area (Å²) in [6.07, 6.45) is 5.93. The molecule has 0 unspecified atom stereocenters. The van der Waals surface area contributed by atoms with Gasteiger partial charge in [0.2, 0.25) is 0 Å². The molecule has 0 bridgehead atoms. The number of benzene rings is 1. The summed E-state index contributed by atoms with van der Waals surface area (Å²) in [4.78, 5) is 0. The van der Waals surface area contributed by atoms with E-state index in [-0.39, 0.29) is 0 Å². The summed E-state index contributed by atoms with van der Waals surface area (Å²) in [6, 6.07) is 6.41. The summed E-state index contributed by atoms with van der Waals surface area (Å²) < 4.78 is 0. The molecule has 0 aliphatic heterocycles. The van der Waals surface area contributed by atoms with Crippen LogP contribution in [0.15, 0.2) is 67.3 Å². The minimum Gasteiger partial charge on any atom is -0.0984 e. The van der Waals surface area contributed by atoms with Crippen molar-refractivity contribution in [2.24, 2.45) is 0 Å². The molecule has 1 aliphatic rings. The second-order valence-corrected chi connectivity index (χ2v) is 4.54. The molecule has 0 heteroatoms. The van der Waals surface area contributed by atoms with Crippen LogP contribution in [0.4, 0.5) is 0 Å². The summed E-state index contributed by atoms with van der Waals surface area (Å²) in [5.41, 5.74) is 7.91. The van der Waals surface area contributed by atoms with Crippen molar-refractivity contribution >= 4 is 11.1 Å². The van der Waals surface area contributed by atoms with Crippen molar-refractivity contribution < 1.29 is 0 Å². The molecule has 0 saturated carbocycles. The minimum absolute atomic E-state index is 1.04. The first kappa shape index (κ1) is 28.7. The van der Waals surface area contributed by atoms with Crippen LogP contribution in [0.1, 0.15) is 79.0 Å². The minimum atomic E-state index is 1.04. The number of hydrogen-bond acceptors (Lipinski definition) is 0. The van der Waals surface area contributed by atoms with Crippen molar-refractivity contribution in [3.05, 3.63) is 84.0 Å². The highest BCUT2D eigenvalue weighted by Crippen LogP contribution is 2.45. The Morgan fingerprint density at radius 1 is 0.808 bits per heavy atom. The zero-order chi connectivity index (χ0) is 21.3. The molecular formula is C26H42. The highest BCUT2D eigenvalue weighted by molar-refractivity contribution is 6.08. The second kappa shape index (κ2) is 17.7. The van der Waals surface area contributed by atoms with Gasteiger partial charge in [-0.25, -0.2) is 0 Å². The molecule has 1 aromatic rings. The topological polar surface area (TPSA) is 0 Å². The average Bonchev–Trinajstić information content (AvgIpc) is 2.96. The first-order valence-corrected chi connectivity index (χ1v) is 10.1. The van der Waals surface area contributed by atoms with E-state index in [0.29, 0.717) is 0 Å². The van der Waals surface area contributed by atoms with Crippen LogP contribution >= 0.6 is 0 Å². The fourth-order valence-electron chi connectivity index (χ4n) is 2.40. The zero-order valence-electron chi connectivity index (χ0n) is 19.1. The number of allylic oxidation sites excluding steroid dienone is 7. The lowest BCUT2D eigenvalue weighted by Crippen LogP contribution is -1.84. The molecule has 2 rings (SSSR count). The van der Waals surface area contributed by atoms with Gasteiger partial charge in [-0.3, -0.25) is 0 Å². The molecule has 1 aromatic carbocycles. The van der Waals surface area contributed by atoms with Crippen LogP contribution in [0.3, 0.4) is 0 Å². The van der Waals surface area contributed by atoms with E-state index in [2.05, 4.69) is 50.9 Å². The third-order valence-electron chi connectivity index (χ3n) is 3.28. The summed E-state index contributed by atoms with van der Waals surface area (Å²) in [5, 5.41) is 0. The maximum atomic E-state index is 4.22. The Morgan fingerprint density at radius 3 is 1.69 bits per heavy atom. The van der Waals surface area contributed by atoms with Gasteiger partial charge in [-0.15, -0.1) is 0 Å². The monoisotopic (exact) mass is 354 g/mol. The Morgan fingerprint density at radius 2 is 1.27 bits per heavy atom. The van der Waals surface area contributed by atoms with Gasteiger partial charge in [0.05, 0.1) is 0 Å². The lowest BCUT2D eigenvalue weighted by atomic mass is 9.99. The van der Waals surface area contributed by atoms with Crippen molar-refractivity contribution in [1.29, 1.82) is 0 Å². The lowest BCUT2D eigenvalue weighted by molar-refractivity contribution is 1.45. The first-order valence-electron chi connectivity index (χ1n) is 10.1. The molecule has 0 aromatic heterocycles. The van der Waals surface area contributed by atoms with Gasteiger partial charge in [-0.05, 0) is 47.3 Å². The molecule has 26 heavy (non-hydrogen) atoms. The van der Waals surface area contributed by atoms with Gasteiger partial charge in [0.15, 0.2) is 0 Å². The Balaban J connectivity index is -0.000000585. The Hall–Kier alpha value is -2.08. The van der Waals surface area contributed by atoms with Gasteiger partial charge in [0, 0.05) is 0 Å². The number of aryl methyl sites for hydroxylation is 1. The summed E-state index contributed by atoms with van der Waals surface area (Å²) in [7, 11) is 0. The molecule has 146 valence electrons. The van der Waals surface area contributed by atoms with Crippen molar-refractivity contribution in [3.8, 4) is 0 Å². The zero-order valence-corrected chi connectivity index (χ0v) is 19.1. The fourth-order valence-corrected chi connectivity index (χ4v) is 2.40. The van der Waals surface area contributed by atoms with Crippen LogP contribution in [-0.4, -0.2) is 0 Å². The molecule has 0 N–H and O–H groups in total. The predicted octanol–water partition coefficient (Wildman–Crippen LogP) is 9.20. The molecule has 0 atom stereocenters. The van der Waals surface area contributed by atoms with Gasteiger partial charge in [-0.2, -0.15) is 0 Å². The van der Waals surface area contributed by atoms with E-state index >= 15 is 0 Å². The normalized spacial score (nSPS) is 12.8. The smallest absolute Gasteiger partial charge is 0.00386 e. The Labute approximate surface area is 164 Å². The van der Waals surface area contributed by atoms with Crippen molar-refractivity contribution in [1.82, 2.24) is 0 Å². The van der Waals surface area contributed by atoms with Crippen LogP contribution in [-0.2, 0) is 0 Å². The summed E-state index contributed by atoms with van der Waals surface area (Å²) >= 11 is 0. The predicted molar refractivity (Wildman–Crippen MR) is 127 cm³/mol. The van der Waals surface area contributed by atoms with E-state index in [0.717, 1.165) is 22.3 Å². The Bertz CT molecular complexity index is 607. The maximum absolute atomic E-state index is 4.22. The van der Waals surface area contributed by atoms with Gasteiger partial charge in [-0.1, -0.05) is 117 Å². The molecule has 0 radical (unpaired) electrons. The number of fused-ring (bicyclic) bond motifs is 1. The fraction of sp³-hybridized carbons (Fsp3) is 0.385. The molecule has 0 saturated heterocycles. The summed E-state index contributed by atoms with van der Waals surface area (Å²) in [6.45, 7) is 32.4. The highest BCUT2D eigenvalue weighted by atomic mass is 14.3. The highest BCUT2D eigenvalue weighted by Gasteiger charge is 2.24. The van der Waals surface area contributed by atoms with E-state index in [1.54, 1.807) is 0 Å². The van der Waals surface area contributed by atoms with Crippen molar-refractivity contribution in [2.75, 3.05) is 0 Å². The lowest BCUT2D eigenvalue weighted by Gasteiger charge is -2.05. The molecule has 0 heterocycles. The third-order valence-corrected chi connectivity index (χ3v) is 3.28. The van der Waals surface area contributed by atoms with Gasteiger partial charge in [0.1, 0.15) is 0 Å². The molecule has 0 amide bonds. The van der Waals surface area contributed by atoms with E-state index in [4.69, 9.17) is 0 Å². The van der Waals surface area contributed by atoms with Gasteiger partial charge < -0.3 is 0 Å².